The van der Waals surface area contributed by atoms with Gasteiger partial charge in [0, 0.05) is 17.2 Å². The highest BCUT2D eigenvalue weighted by molar-refractivity contribution is 9.10. The molecule has 0 aliphatic rings. The van der Waals surface area contributed by atoms with E-state index < -0.39 is 0 Å². The van der Waals surface area contributed by atoms with E-state index in [1.54, 1.807) is 18.5 Å². The lowest BCUT2D eigenvalue weighted by Crippen LogP contribution is -1.95. The summed E-state index contributed by atoms with van der Waals surface area (Å²) in [7, 11) is 0. The third-order valence-electron chi connectivity index (χ3n) is 2.05. The van der Waals surface area contributed by atoms with Crippen molar-refractivity contribution < 1.29 is 4.74 Å². The first-order valence-electron chi connectivity index (χ1n) is 5.20. The molecule has 0 N–H and O–H groups in total. The molecule has 2 aromatic heterocycles. The van der Waals surface area contributed by atoms with Crippen molar-refractivity contribution >= 4 is 27.5 Å². The quantitative estimate of drug-likeness (QED) is 0.859. The summed E-state index contributed by atoms with van der Waals surface area (Å²) in [6.45, 7) is 2.96. The highest BCUT2D eigenvalue weighted by Gasteiger charge is 2.07. The molecular weight excluding hydrogens is 305 g/mol. The summed E-state index contributed by atoms with van der Waals surface area (Å²) < 4.78 is 8.18. The number of ether oxygens (including phenoxy) is 1. The molecule has 0 aromatic carbocycles. The van der Waals surface area contributed by atoms with Gasteiger partial charge in [-0.05, 0) is 28.4 Å². The molecule has 0 aliphatic carbocycles. The first-order chi connectivity index (χ1) is 8.19. The minimum absolute atomic E-state index is 0.380. The van der Waals surface area contributed by atoms with Crippen LogP contribution in [0.15, 0.2) is 29.1 Å². The van der Waals surface area contributed by atoms with Crippen LogP contribution in [-0.4, -0.2) is 14.8 Å². The van der Waals surface area contributed by atoms with Gasteiger partial charge in [0.15, 0.2) is 5.75 Å². The summed E-state index contributed by atoms with van der Waals surface area (Å²) in [5, 5.41) is 4.62. The molecule has 2 aromatic rings. The van der Waals surface area contributed by atoms with Crippen LogP contribution in [-0.2, 0) is 6.54 Å². The van der Waals surface area contributed by atoms with Gasteiger partial charge < -0.3 is 4.74 Å². The summed E-state index contributed by atoms with van der Waals surface area (Å²) in [5.41, 5.74) is 0. The summed E-state index contributed by atoms with van der Waals surface area (Å²) in [4.78, 5) is 4.09. The molecule has 4 nitrogen and oxygen atoms in total. The molecule has 90 valence electrons. The lowest BCUT2D eigenvalue weighted by atomic mass is 10.5. The van der Waals surface area contributed by atoms with Crippen LogP contribution in [0.4, 0.5) is 0 Å². The molecule has 0 saturated heterocycles. The van der Waals surface area contributed by atoms with Gasteiger partial charge in [0.25, 0.3) is 0 Å². The van der Waals surface area contributed by atoms with Gasteiger partial charge in [-0.15, -0.1) is 0 Å². The van der Waals surface area contributed by atoms with Gasteiger partial charge in [-0.25, -0.2) is 4.98 Å². The Morgan fingerprint density at radius 3 is 3.00 bits per heavy atom. The van der Waals surface area contributed by atoms with Crippen LogP contribution >= 0.6 is 27.5 Å². The number of pyridine rings is 1. The second-order valence-electron chi connectivity index (χ2n) is 3.48. The zero-order valence-electron chi connectivity index (χ0n) is 9.23. The predicted octanol–water partition coefficient (Wildman–Crippen LogP) is 3.90. The summed E-state index contributed by atoms with van der Waals surface area (Å²) in [6.07, 6.45) is 6.13. The monoisotopic (exact) mass is 315 g/mol. The summed E-state index contributed by atoms with van der Waals surface area (Å²) in [5.74, 6) is 1.01. The molecular formula is C11H11BrClN3O. The van der Waals surface area contributed by atoms with Crippen LogP contribution in [0.5, 0.6) is 11.6 Å². The van der Waals surface area contributed by atoms with E-state index in [9.17, 15) is 0 Å². The van der Waals surface area contributed by atoms with Crippen molar-refractivity contribution in [3.8, 4) is 11.6 Å². The van der Waals surface area contributed by atoms with E-state index in [4.69, 9.17) is 16.3 Å². The fraction of sp³-hybridized carbons (Fsp3) is 0.273. The largest absolute Gasteiger partial charge is 0.434 e. The van der Waals surface area contributed by atoms with Crippen LogP contribution in [0.25, 0.3) is 0 Å². The van der Waals surface area contributed by atoms with Crippen molar-refractivity contribution in [2.24, 2.45) is 0 Å². The Hall–Kier alpha value is -1.07. The molecule has 0 unspecified atom stereocenters. The van der Waals surface area contributed by atoms with E-state index in [1.807, 2.05) is 10.9 Å². The van der Waals surface area contributed by atoms with Crippen molar-refractivity contribution in [2.75, 3.05) is 0 Å². The highest BCUT2D eigenvalue weighted by Crippen LogP contribution is 2.28. The molecule has 2 rings (SSSR count). The Kier molecular flexibility index (Phi) is 4.02. The van der Waals surface area contributed by atoms with Crippen molar-refractivity contribution in [1.29, 1.82) is 0 Å². The average Bonchev–Trinajstić information content (AvgIpc) is 2.71. The fourth-order valence-electron chi connectivity index (χ4n) is 1.34. The molecule has 0 saturated carbocycles. The predicted molar refractivity (Wildman–Crippen MR) is 69.5 cm³/mol. The lowest BCUT2D eigenvalue weighted by Gasteiger charge is -2.03. The number of aryl methyl sites for hydroxylation is 1. The van der Waals surface area contributed by atoms with E-state index in [-0.39, 0.29) is 0 Å². The SMILES string of the molecule is CCCn1cc(Oc2ncc(Br)cc2Cl)cn1. The number of hydrogen-bond donors (Lipinski definition) is 0. The zero-order valence-corrected chi connectivity index (χ0v) is 11.6. The van der Waals surface area contributed by atoms with E-state index in [1.165, 1.54) is 0 Å². The molecule has 0 radical (unpaired) electrons. The Balaban J connectivity index is 2.13. The van der Waals surface area contributed by atoms with Gasteiger partial charge in [0.2, 0.25) is 5.88 Å². The molecule has 0 aliphatic heterocycles. The van der Waals surface area contributed by atoms with Gasteiger partial charge >= 0.3 is 0 Å². The number of hydrogen-bond acceptors (Lipinski definition) is 3. The Morgan fingerprint density at radius 2 is 2.29 bits per heavy atom. The van der Waals surface area contributed by atoms with Crippen LogP contribution < -0.4 is 4.74 Å². The fourth-order valence-corrected chi connectivity index (χ4v) is 2.01. The highest BCUT2D eigenvalue weighted by atomic mass is 79.9. The van der Waals surface area contributed by atoms with Crippen LogP contribution in [0.1, 0.15) is 13.3 Å². The van der Waals surface area contributed by atoms with Crippen molar-refractivity contribution in [2.45, 2.75) is 19.9 Å². The summed E-state index contributed by atoms with van der Waals surface area (Å²) >= 11 is 9.29. The maximum absolute atomic E-state index is 6.00. The zero-order chi connectivity index (χ0) is 12.3. The Morgan fingerprint density at radius 1 is 1.47 bits per heavy atom. The Labute approximate surface area is 113 Å². The lowest BCUT2D eigenvalue weighted by molar-refractivity contribution is 0.461. The molecule has 0 amide bonds. The first kappa shape index (κ1) is 12.4. The van der Waals surface area contributed by atoms with Gasteiger partial charge in [-0.3, -0.25) is 4.68 Å². The smallest absolute Gasteiger partial charge is 0.238 e. The number of nitrogens with zero attached hydrogens (tertiary/aromatic N) is 3. The van der Waals surface area contributed by atoms with E-state index >= 15 is 0 Å². The third kappa shape index (κ3) is 3.20. The number of halogens is 2. The summed E-state index contributed by atoms with van der Waals surface area (Å²) in [6, 6.07) is 1.74. The van der Waals surface area contributed by atoms with Crippen molar-refractivity contribution in [3.05, 3.63) is 34.2 Å². The minimum atomic E-state index is 0.380. The van der Waals surface area contributed by atoms with Gasteiger partial charge in [0.1, 0.15) is 5.02 Å². The van der Waals surface area contributed by atoms with E-state index in [2.05, 4.69) is 32.9 Å². The van der Waals surface area contributed by atoms with Gasteiger partial charge in [0.05, 0.1) is 12.4 Å². The normalized spacial score (nSPS) is 10.5. The number of rotatable bonds is 4. The molecule has 0 fully saturated rings. The van der Waals surface area contributed by atoms with E-state index in [0.29, 0.717) is 16.7 Å². The van der Waals surface area contributed by atoms with E-state index in [0.717, 1.165) is 17.4 Å². The topological polar surface area (TPSA) is 39.9 Å². The van der Waals surface area contributed by atoms with Crippen molar-refractivity contribution in [1.82, 2.24) is 14.8 Å². The average molecular weight is 317 g/mol. The molecule has 2 heterocycles. The molecule has 17 heavy (non-hydrogen) atoms. The van der Waals surface area contributed by atoms with Crippen LogP contribution in [0.3, 0.4) is 0 Å². The molecule has 6 heteroatoms. The molecule has 0 spiro atoms. The van der Waals surface area contributed by atoms with Crippen LogP contribution in [0, 0.1) is 0 Å². The minimum Gasteiger partial charge on any atom is -0.434 e. The van der Waals surface area contributed by atoms with Gasteiger partial charge in [-0.2, -0.15) is 5.10 Å². The third-order valence-corrected chi connectivity index (χ3v) is 2.76. The Bertz CT molecular complexity index is 515. The van der Waals surface area contributed by atoms with Crippen LogP contribution in [0.2, 0.25) is 5.02 Å². The second-order valence-corrected chi connectivity index (χ2v) is 4.80. The molecule has 0 bridgehead atoms. The number of aromatic nitrogens is 3. The first-order valence-corrected chi connectivity index (χ1v) is 6.37. The molecule has 0 atom stereocenters. The maximum Gasteiger partial charge on any atom is 0.238 e. The van der Waals surface area contributed by atoms with Gasteiger partial charge in [-0.1, -0.05) is 18.5 Å². The van der Waals surface area contributed by atoms with Crippen molar-refractivity contribution in [3.63, 3.8) is 0 Å². The maximum atomic E-state index is 6.00. The second kappa shape index (κ2) is 5.51. The standard InChI is InChI=1S/C11H11BrClN3O/c1-2-3-16-7-9(6-15-16)17-11-10(13)4-8(12)5-14-11/h4-7H,2-3H2,1H3.